The molecule has 1 fully saturated rings. The lowest BCUT2D eigenvalue weighted by Crippen LogP contribution is -2.49. The number of ether oxygens (including phenoxy) is 2. The van der Waals surface area contributed by atoms with Gasteiger partial charge in [0.25, 0.3) is 0 Å². The fourth-order valence-corrected chi connectivity index (χ4v) is 7.02. The van der Waals surface area contributed by atoms with E-state index in [-0.39, 0.29) is 17.5 Å². The highest BCUT2D eigenvalue weighted by Gasteiger charge is 2.70. The Morgan fingerprint density at radius 3 is 2.45 bits per heavy atom. The molecule has 0 aliphatic carbocycles. The van der Waals surface area contributed by atoms with Gasteiger partial charge in [0, 0.05) is 35.4 Å². The van der Waals surface area contributed by atoms with Gasteiger partial charge in [-0.05, 0) is 59.2 Å². The number of aromatic nitrogens is 1. The Morgan fingerprint density at radius 1 is 0.881 bits per heavy atom. The second kappa shape index (κ2) is 9.69. The van der Waals surface area contributed by atoms with Crippen LogP contribution in [-0.4, -0.2) is 47.6 Å². The molecule has 0 radical (unpaired) electrons. The van der Waals surface area contributed by atoms with Crippen molar-refractivity contribution in [1.29, 1.82) is 0 Å². The van der Waals surface area contributed by atoms with Gasteiger partial charge in [0.15, 0.2) is 23.1 Å². The third-order valence-corrected chi connectivity index (χ3v) is 8.74. The molecule has 7 rings (SSSR count). The molecular formula is C34H27N3O5. The van der Waals surface area contributed by atoms with Gasteiger partial charge in [-0.25, -0.2) is 0 Å². The van der Waals surface area contributed by atoms with Crippen molar-refractivity contribution < 1.29 is 23.9 Å². The molecule has 3 aromatic carbocycles. The highest BCUT2D eigenvalue weighted by atomic mass is 16.5. The van der Waals surface area contributed by atoms with E-state index < -0.39 is 23.4 Å². The number of hydrogen-bond donors (Lipinski definition) is 1. The molecule has 1 amide bonds. The van der Waals surface area contributed by atoms with E-state index in [9.17, 15) is 14.4 Å². The van der Waals surface area contributed by atoms with Crippen LogP contribution in [0.2, 0.25) is 0 Å². The van der Waals surface area contributed by atoms with E-state index in [2.05, 4.69) is 10.3 Å². The largest absolute Gasteiger partial charge is 0.493 e. The van der Waals surface area contributed by atoms with Crippen molar-refractivity contribution in [2.75, 3.05) is 19.5 Å². The van der Waals surface area contributed by atoms with Gasteiger partial charge in [0.1, 0.15) is 11.5 Å². The van der Waals surface area contributed by atoms with Crippen LogP contribution in [0.5, 0.6) is 11.5 Å². The maximum atomic E-state index is 14.7. The molecule has 1 saturated heterocycles. The van der Waals surface area contributed by atoms with Crippen molar-refractivity contribution in [3.8, 4) is 11.5 Å². The van der Waals surface area contributed by atoms with Crippen LogP contribution in [-0.2, 0) is 10.2 Å². The molecule has 8 heteroatoms. The Hall–Kier alpha value is -5.24. The number of carbonyl (C=O) groups is 3. The summed E-state index contributed by atoms with van der Waals surface area (Å²) >= 11 is 0. The number of pyridine rings is 1. The Labute approximate surface area is 242 Å². The van der Waals surface area contributed by atoms with Crippen molar-refractivity contribution in [3.05, 3.63) is 125 Å². The van der Waals surface area contributed by atoms with E-state index in [4.69, 9.17) is 9.47 Å². The molecular weight excluding hydrogens is 530 g/mol. The number of ketones is 2. The molecule has 42 heavy (non-hydrogen) atoms. The van der Waals surface area contributed by atoms with E-state index in [1.165, 1.54) is 20.4 Å². The molecule has 3 aliphatic rings. The molecule has 208 valence electrons. The fraction of sp³-hybridized carbons (Fsp3) is 0.176. The molecule has 4 atom stereocenters. The van der Waals surface area contributed by atoms with Gasteiger partial charge in [-0.2, -0.15) is 0 Å². The molecule has 1 spiro atoms. The second-order valence-corrected chi connectivity index (χ2v) is 10.6. The number of rotatable bonds is 6. The Bertz CT molecular complexity index is 1790. The SMILES string of the molecule is COc1ccc(C(=O)C2C(C(=O)c3cccnc3)C3(C(=O)Nc4ccccc43)C3c4ccccc4C=CN23)cc1OC. The molecule has 1 aromatic heterocycles. The quantitative estimate of drug-likeness (QED) is 0.330. The highest BCUT2D eigenvalue weighted by molar-refractivity contribution is 6.16. The van der Waals surface area contributed by atoms with Crippen molar-refractivity contribution >= 4 is 29.2 Å². The minimum absolute atomic E-state index is 0.304. The van der Waals surface area contributed by atoms with Crippen LogP contribution < -0.4 is 14.8 Å². The average Bonchev–Trinajstić information content (AvgIpc) is 3.52. The number of benzene rings is 3. The van der Waals surface area contributed by atoms with Crippen LogP contribution in [0.3, 0.4) is 0 Å². The van der Waals surface area contributed by atoms with Gasteiger partial charge >= 0.3 is 0 Å². The number of nitrogens with zero attached hydrogens (tertiary/aromatic N) is 2. The number of fused-ring (bicyclic) bond motifs is 6. The minimum atomic E-state index is -1.40. The molecule has 4 aromatic rings. The molecule has 3 aliphatic heterocycles. The summed E-state index contributed by atoms with van der Waals surface area (Å²) in [5.41, 5.74) is 2.41. The summed E-state index contributed by atoms with van der Waals surface area (Å²) in [5, 5.41) is 3.06. The van der Waals surface area contributed by atoms with E-state index in [1.54, 1.807) is 36.5 Å². The van der Waals surface area contributed by atoms with Gasteiger partial charge in [0.05, 0.1) is 26.2 Å². The lowest BCUT2D eigenvalue weighted by atomic mass is 9.62. The molecule has 1 N–H and O–H groups in total. The monoisotopic (exact) mass is 557 g/mol. The van der Waals surface area contributed by atoms with Gasteiger partial charge in [-0.1, -0.05) is 42.5 Å². The molecule has 0 bridgehead atoms. The lowest BCUT2D eigenvalue weighted by Gasteiger charge is -2.38. The zero-order valence-electron chi connectivity index (χ0n) is 23.0. The maximum absolute atomic E-state index is 14.7. The molecule has 4 unspecified atom stereocenters. The third-order valence-electron chi connectivity index (χ3n) is 8.74. The Morgan fingerprint density at radius 2 is 1.67 bits per heavy atom. The third kappa shape index (κ3) is 3.48. The van der Waals surface area contributed by atoms with Crippen LogP contribution >= 0.6 is 0 Å². The summed E-state index contributed by atoms with van der Waals surface area (Å²) in [5.74, 6) is -1.14. The smallest absolute Gasteiger partial charge is 0.238 e. The first-order chi connectivity index (χ1) is 20.5. The molecule has 8 nitrogen and oxygen atoms in total. The first kappa shape index (κ1) is 25.7. The summed E-state index contributed by atoms with van der Waals surface area (Å²) in [6.07, 6.45) is 6.87. The Kier molecular flexibility index (Phi) is 5.93. The molecule has 4 heterocycles. The number of hydrogen-bond acceptors (Lipinski definition) is 7. The zero-order chi connectivity index (χ0) is 29.0. The second-order valence-electron chi connectivity index (χ2n) is 10.6. The standard InChI is InChI=1S/C34H27N3O5/c1-41-26-14-13-21(18-27(26)42-2)31(39)29-28(30(38)22-9-7-16-35-19-22)34(24-11-5-6-12-25(24)36-33(34)40)32-23-10-4-3-8-20(23)15-17-37(29)32/h3-19,28-29,32H,1-2H3,(H,36,40). The number of amides is 1. The van der Waals surface area contributed by atoms with Crippen LogP contribution in [0.1, 0.15) is 43.4 Å². The van der Waals surface area contributed by atoms with Crippen molar-refractivity contribution in [1.82, 2.24) is 9.88 Å². The minimum Gasteiger partial charge on any atom is -0.493 e. The normalized spacial score (nSPS) is 23.1. The number of methoxy groups -OCH3 is 2. The van der Waals surface area contributed by atoms with Crippen molar-refractivity contribution in [3.63, 3.8) is 0 Å². The summed E-state index contributed by atoms with van der Waals surface area (Å²) in [4.78, 5) is 50.0. The van der Waals surface area contributed by atoms with Crippen LogP contribution in [0.15, 0.2) is 97.5 Å². The van der Waals surface area contributed by atoms with Crippen LogP contribution in [0, 0.1) is 5.92 Å². The van der Waals surface area contributed by atoms with Gasteiger partial charge < -0.3 is 19.7 Å². The van der Waals surface area contributed by atoms with Gasteiger partial charge in [-0.15, -0.1) is 0 Å². The van der Waals surface area contributed by atoms with Crippen LogP contribution in [0.4, 0.5) is 5.69 Å². The van der Waals surface area contributed by atoms with E-state index >= 15 is 0 Å². The van der Waals surface area contributed by atoms with E-state index in [0.29, 0.717) is 33.9 Å². The summed E-state index contributed by atoms with van der Waals surface area (Å²) in [7, 11) is 3.03. The number of carbonyl (C=O) groups excluding carboxylic acids is 3. The first-order valence-corrected chi connectivity index (χ1v) is 13.7. The number of nitrogens with one attached hydrogen (secondary N) is 1. The predicted octanol–water partition coefficient (Wildman–Crippen LogP) is 5.08. The van der Waals surface area contributed by atoms with E-state index in [0.717, 1.165) is 11.1 Å². The topological polar surface area (TPSA) is 97.8 Å². The van der Waals surface area contributed by atoms with Gasteiger partial charge in [0.2, 0.25) is 5.91 Å². The van der Waals surface area contributed by atoms with E-state index in [1.807, 2.05) is 65.7 Å². The number of para-hydroxylation sites is 1. The summed E-state index contributed by atoms with van der Waals surface area (Å²) < 4.78 is 10.9. The average molecular weight is 558 g/mol. The van der Waals surface area contributed by atoms with Crippen molar-refractivity contribution in [2.24, 2.45) is 5.92 Å². The fourth-order valence-electron chi connectivity index (χ4n) is 7.02. The lowest BCUT2D eigenvalue weighted by molar-refractivity contribution is -0.122. The summed E-state index contributed by atoms with van der Waals surface area (Å²) in [6, 6.07) is 22.0. The first-order valence-electron chi connectivity index (χ1n) is 13.7. The maximum Gasteiger partial charge on any atom is 0.238 e. The highest BCUT2D eigenvalue weighted by Crippen LogP contribution is 2.62. The zero-order valence-corrected chi connectivity index (χ0v) is 23.0. The number of Topliss-reactive ketones (excluding diaryl/α,β-unsaturated/α-hetero) is 2. The Balaban J connectivity index is 1.52. The predicted molar refractivity (Wildman–Crippen MR) is 157 cm³/mol. The van der Waals surface area contributed by atoms with Crippen LogP contribution in [0.25, 0.3) is 6.08 Å². The number of anilines is 1. The summed E-state index contributed by atoms with van der Waals surface area (Å²) in [6.45, 7) is 0. The van der Waals surface area contributed by atoms with Crippen molar-refractivity contribution in [2.45, 2.75) is 17.5 Å². The molecule has 0 saturated carbocycles. The van der Waals surface area contributed by atoms with Gasteiger partial charge in [-0.3, -0.25) is 19.4 Å².